The molecule has 3 aromatic rings. The number of nitrogens with one attached hydrogen (secondary N) is 1. The molecule has 2 N–H and O–H groups in total. The van der Waals surface area contributed by atoms with Crippen molar-refractivity contribution in [3.8, 4) is 11.4 Å². The number of halogens is 2. The summed E-state index contributed by atoms with van der Waals surface area (Å²) in [5.41, 5.74) is 1.44. The fourth-order valence-corrected chi connectivity index (χ4v) is 2.30. The van der Waals surface area contributed by atoms with Gasteiger partial charge in [-0.05, 0) is 24.6 Å². The fraction of sp³-hybridized carbons (Fsp3) is 0.111. The van der Waals surface area contributed by atoms with Crippen LogP contribution < -0.4 is 5.32 Å². The number of anilines is 1. The maximum absolute atomic E-state index is 13.7. The van der Waals surface area contributed by atoms with E-state index in [0.29, 0.717) is 5.56 Å². The number of nitrogens with zero attached hydrogens (tertiary/aromatic N) is 3. The maximum Gasteiger partial charge on any atom is 0.354 e. The van der Waals surface area contributed by atoms with Crippen LogP contribution in [0.15, 0.2) is 42.7 Å². The second kappa shape index (κ2) is 7.22. The van der Waals surface area contributed by atoms with Gasteiger partial charge in [0.15, 0.2) is 11.5 Å². The Kier molecular flexibility index (Phi) is 4.83. The Morgan fingerprint density at radius 1 is 1.15 bits per heavy atom. The van der Waals surface area contributed by atoms with Crippen molar-refractivity contribution < 1.29 is 18.7 Å². The number of hydrogen-bond acceptors (Lipinski definition) is 5. The smallest absolute Gasteiger partial charge is 0.354 e. The Morgan fingerprint density at radius 2 is 1.96 bits per heavy atom. The zero-order valence-corrected chi connectivity index (χ0v) is 13.7. The number of pyridine rings is 1. The van der Waals surface area contributed by atoms with E-state index in [0.717, 1.165) is 17.7 Å². The molecule has 0 fully saturated rings. The maximum atomic E-state index is 13.7. The highest BCUT2D eigenvalue weighted by Gasteiger charge is 2.13. The summed E-state index contributed by atoms with van der Waals surface area (Å²) in [5.74, 6) is -2.20. The summed E-state index contributed by atoms with van der Waals surface area (Å²) in [7, 11) is 0. The van der Waals surface area contributed by atoms with E-state index in [1.165, 1.54) is 18.3 Å². The van der Waals surface area contributed by atoms with E-state index in [9.17, 15) is 18.7 Å². The van der Waals surface area contributed by atoms with E-state index in [2.05, 4.69) is 20.3 Å². The van der Waals surface area contributed by atoms with Crippen LogP contribution in [0, 0.1) is 18.6 Å². The van der Waals surface area contributed by atoms with Crippen LogP contribution >= 0.6 is 0 Å². The number of hydrogen-bond donors (Lipinski definition) is 2. The summed E-state index contributed by atoms with van der Waals surface area (Å²) in [5, 5.41) is 12.1. The predicted molar refractivity (Wildman–Crippen MR) is 90.6 cm³/mol. The lowest BCUT2D eigenvalue weighted by Gasteiger charge is -2.10. The molecule has 0 bridgehead atoms. The summed E-state index contributed by atoms with van der Waals surface area (Å²) in [6.07, 6.45) is 3.18. The molecule has 2 aromatic heterocycles. The second-order valence-corrected chi connectivity index (χ2v) is 5.61. The van der Waals surface area contributed by atoms with Crippen molar-refractivity contribution in [2.75, 3.05) is 5.32 Å². The molecule has 0 aliphatic carbocycles. The monoisotopic (exact) mass is 356 g/mol. The summed E-state index contributed by atoms with van der Waals surface area (Å²) in [6.45, 7) is 1.85. The average Bonchev–Trinajstić information content (AvgIpc) is 2.60. The van der Waals surface area contributed by atoms with Crippen LogP contribution in [0.5, 0.6) is 0 Å². The quantitative estimate of drug-likeness (QED) is 0.728. The molecular weight excluding hydrogens is 342 g/mol. The highest BCUT2D eigenvalue weighted by Crippen LogP contribution is 2.19. The number of aromatic carboxylic acids is 1. The van der Waals surface area contributed by atoms with Gasteiger partial charge in [0.2, 0.25) is 0 Å². The standard InChI is InChI=1S/C18H14F2N4O2/c1-10-4-12(8-21-7-10)17-23-15(18(25)26)6-16(24-17)22-9-11-2-3-13(19)5-14(11)20/h2-8H,9H2,1H3,(H,25,26)(H,22,23,24). The van der Waals surface area contributed by atoms with Gasteiger partial charge in [-0.2, -0.15) is 0 Å². The third-order valence-corrected chi connectivity index (χ3v) is 3.55. The molecule has 0 aliphatic heterocycles. The van der Waals surface area contributed by atoms with Crippen LogP contribution in [0.25, 0.3) is 11.4 Å². The van der Waals surface area contributed by atoms with Gasteiger partial charge >= 0.3 is 5.97 Å². The van der Waals surface area contributed by atoms with Crippen molar-refractivity contribution >= 4 is 11.8 Å². The molecule has 0 amide bonds. The number of rotatable bonds is 5. The molecule has 0 spiro atoms. The first-order valence-electron chi connectivity index (χ1n) is 7.64. The summed E-state index contributed by atoms with van der Waals surface area (Å²) in [6, 6.07) is 6.26. The van der Waals surface area contributed by atoms with Gasteiger partial charge < -0.3 is 10.4 Å². The number of carboxylic acids is 1. The first-order valence-corrected chi connectivity index (χ1v) is 7.64. The molecule has 0 radical (unpaired) electrons. The first-order chi connectivity index (χ1) is 12.4. The Balaban J connectivity index is 1.92. The lowest BCUT2D eigenvalue weighted by Crippen LogP contribution is -2.09. The molecule has 0 aliphatic rings. The van der Waals surface area contributed by atoms with Crippen molar-refractivity contribution in [3.63, 3.8) is 0 Å². The van der Waals surface area contributed by atoms with E-state index in [1.54, 1.807) is 12.3 Å². The predicted octanol–water partition coefficient (Wildman–Crippen LogP) is 3.44. The van der Waals surface area contributed by atoms with Gasteiger partial charge in [0.05, 0.1) is 0 Å². The van der Waals surface area contributed by atoms with Crippen LogP contribution in [0.1, 0.15) is 21.6 Å². The van der Waals surface area contributed by atoms with Gasteiger partial charge in [0, 0.05) is 42.2 Å². The molecule has 1 aromatic carbocycles. The zero-order valence-electron chi connectivity index (χ0n) is 13.7. The molecule has 0 atom stereocenters. The summed E-state index contributed by atoms with van der Waals surface area (Å²) < 4.78 is 26.7. The van der Waals surface area contributed by atoms with Gasteiger partial charge in [0.1, 0.15) is 17.5 Å². The van der Waals surface area contributed by atoms with Crippen LogP contribution in [0.4, 0.5) is 14.6 Å². The third kappa shape index (κ3) is 3.97. The third-order valence-electron chi connectivity index (χ3n) is 3.55. The molecular formula is C18H14F2N4O2. The van der Waals surface area contributed by atoms with E-state index in [-0.39, 0.29) is 29.4 Å². The number of carbonyl (C=O) groups is 1. The number of carboxylic acid groups (broad SMARTS) is 1. The SMILES string of the molecule is Cc1cncc(-c2nc(NCc3ccc(F)cc3F)cc(C(=O)O)n2)c1. The highest BCUT2D eigenvalue weighted by atomic mass is 19.1. The molecule has 0 saturated carbocycles. The van der Waals surface area contributed by atoms with Crippen molar-refractivity contribution in [1.82, 2.24) is 15.0 Å². The van der Waals surface area contributed by atoms with Crippen LogP contribution in [0.2, 0.25) is 0 Å². The van der Waals surface area contributed by atoms with Gasteiger partial charge in [0.25, 0.3) is 0 Å². The summed E-state index contributed by atoms with van der Waals surface area (Å²) in [4.78, 5) is 23.7. The van der Waals surface area contributed by atoms with Crippen LogP contribution in [-0.4, -0.2) is 26.0 Å². The Labute approximate surface area is 147 Å². The molecule has 6 nitrogen and oxygen atoms in total. The van der Waals surface area contributed by atoms with Crippen molar-refractivity contribution in [1.29, 1.82) is 0 Å². The zero-order chi connectivity index (χ0) is 18.7. The second-order valence-electron chi connectivity index (χ2n) is 5.61. The largest absolute Gasteiger partial charge is 0.477 e. The van der Waals surface area contributed by atoms with Gasteiger partial charge in [-0.15, -0.1) is 0 Å². The minimum atomic E-state index is -1.22. The Bertz CT molecular complexity index is 979. The Morgan fingerprint density at radius 3 is 2.65 bits per heavy atom. The number of aryl methyl sites for hydroxylation is 1. The molecule has 132 valence electrons. The summed E-state index contributed by atoms with van der Waals surface area (Å²) >= 11 is 0. The van der Waals surface area contributed by atoms with E-state index in [4.69, 9.17) is 0 Å². The first kappa shape index (κ1) is 17.4. The molecule has 3 rings (SSSR count). The minimum absolute atomic E-state index is 0.00763. The van der Waals surface area contributed by atoms with Crippen LogP contribution in [0.3, 0.4) is 0 Å². The Hall–Kier alpha value is -3.42. The number of aromatic nitrogens is 3. The van der Waals surface area contributed by atoms with Crippen LogP contribution in [-0.2, 0) is 6.54 Å². The van der Waals surface area contributed by atoms with Gasteiger partial charge in [-0.25, -0.2) is 23.5 Å². The molecule has 26 heavy (non-hydrogen) atoms. The van der Waals surface area contributed by atoms with Gasteiger partial charge in [-0.3, -0.25) is 4.98 Å². The molecule has 0 unspecified atom stereocenters. The van der Waals surface area contributed by atoms with Crippen molar-refractivity contribution in [3.05, 3.63) is 71.2 Å². The lowest BCUT2D eigenvalue weighted by molar-refractivity contribution is 0.0690. The van der Waals surface area contributed by atoms with E-state index < -0.39 is 17.6 Å². The molecule has 8 heteroatoms. The average molecular weight is 356 g/mol. The molecule has 0 saturated heterocycles. The lowest BCUT2D eigenvalue weighted by atomic mass is 10.2. The number of benzene rings is 1. The molecule has 2 heterocycles. The topological polar surface area (TPSA) is 88.0 Å². The minimum Gasteiger partial charge on any atom is -0.477 e. The van der Waals surface area contributed by atoms with E-state index in [1.807, 2.05) is 6.92 Å². The normalized spacial score (nSPS) is 10.6. The fourth-order valence-electron chi connectivity index (χ4n) is 2.30. The van der Waals surface area contributed by atoms with Crippen molar-refractivity contribution in [2.24, 2.45) is 0 Å². The highest BCUT2D eigenvalue weighted by molar-refractivity contribution is 5.87. The van der Waals surface area contributed by atoms with Gasteiger partial charge in [-0.1, -0.05) is 6.07 Å². The van der Waals surface area contributed by atoms with Crippen molar-refractivity contribution in [2.45, 2.75) is 13.5 Å². The van der Waals surface area contributed by atoms with E-state index >= 15 is 0 Å².